The quantitative estimate of drug-likeness (QED) is 0.303. The van der Waals surface area contributed by atoms with E-state index in [1.165, 1.54) is 0 Å². The minimum atomic E-state index is -0.969. The van der Waals surface area contributed by atoms with Crippen LogP contribution in [0.1, 0.15) is 6.42 Å². The standard InChI is InChI=1S/C5H6N2O6/c8-4(2-6(10)11)1-5(9)3-7(12)13/h1-3H2. The number of Topliss-reactive ketones (excluding diaryl/α,β-unsaturated/α-hetero) is 2. The summed E-state index contributed by atoms with van der Waals surface area (Å²) in [6.45, 7) is -1.94. The van der Waals surface area contributed by atoms with Crippen molar-refractivity contribution in [3.05, 3.63) is 20.2 Å². The smallest absolute Gasteiger partial charge is 0.261 e. The zero-order valence-corrected chi connectivity index (χ0v) is 6.47. The number of ketones is 2. The molecule has 13 heavy (non-hydrogen) atoms. The van der Waals surface area contributed by atoms with E-state index in [0.717, 1.165) is 0 Å². The first-order valence-corrected chi connectivity index (χ1v) is 3.19. The molecule has 0 unspecified atom stereocenters. The first kappa shape index (κ1) is 11.1. The minimum absolute atomic E-state index is 0.748. The van der Waals surface area contributed by atoms with Gasteiger partial charge in [0, 0.05) is 9.85 Å². The maximum Gasteiger partial charge on any atom is 0.261 e. The number of nitrogens with zero attached hydrogens (tertiary/aromatic N) is 2. The largest absolute Gasteiger partial charge is 0.292 e. The lowest BCUT2D eigenvalue weighted by Gasteiger charge is -1.92. The molecule has 0 aliphatic carbocycles. The van der Waals surface area contributed by atoms with E-state index in [-0.39, 0.29) is 0 Å². The van der Waals surface area contributed by atoms with Crippen LogP contribution in [0.5, 0.6) is 0 Å². The van der Waals surface area contributed by atoms with E-state index in [1.54, 1.807) is 0 Å². The Balaban J connectivity index is 3.85. The van der Waals surface area contributed by atoms with E-state index in [1.807, 2.05) is 0 Å². The van der Waals surface area contributed by atoms with Gasteiger partial charge < -0.3 is 0 Å². The van der Waals surface area contributed by atoms with Crippen LogP contribution in [0.3, 0.4) is 0 Å². The van der Waals surface area contributed by atoms with Crippen molar-refractivity contribution in [3.8, 4) is 0 Å². The fourth-order valence-electron chi connectivity index (χ4n) is 0.620. The molecule has 0 amide bonds. The monoisotopic (exact) mass is 190 g/mol. The normalized spacial score (nSPS) is 9.23. The van der Waals surface area contributed by atoms with Crippen molar-refractivity contribution in [1.82, 2.24) is 0 Å². The predicted octanol–water partition coefficient (Wildman–Crippen LogP) is -0.932. The van der Waals surface area contributed by atoms with Crippen LogP contribution in [0.2, 0.25) is 0 Å². The van der Waals surface area contributed by atoms with Gasteiger partial charge in [0.25, 0.3) is 13.1 Å². The summed E-state index contributed by atoms with van der Waals surface area (Å²) in [5.74, 6) is -1.84. The highest BCUT2D eigenvalue weighted by Gasteiger charge is 2.18. The van der Waals surface area contributed by atoms with Crippen LogP contribution in [-0.4, -0.2) is 34.5 Å². The molecule has 0 bridgehead atoms. The van der Waals surface area contributed by atoms with Gasteiger partial charge in [0.2, 0.25) is 11.6 Å². The molecule has 0 aromatic heterocycles. The third-order valence-corrected chi connectivity index (χ3v) is 1.01. The molecule has 0 fully saturated rings. The fraction of sp³-hybridized carbons (Fsp3) is 0.600. The molecule has 0 atom stereocenters. The van der Waals surface area contributed by atoms with E-state index in [2.05, 4.69) is 0 Å². The van der Waals surface area contributed by atoms with Crippen LogP contribution in [0.4, 0.5) is 0 Å². The second-order valence-electron chi connectivity index (χ2n) is 2.24. The van der Waals surface area contributed by atoms with Crippen molar-refractivity contribution < 1.29 is 19.4 Å². The van der Waals surface area contributed by atoms with E-state index in [9.17, 15) is 29.8 Å². The lowest BCUT2D eigenvalue weighted by molar-refractivity contribution is -0.469. The maximum atomic E-state index is 10.6. The average Bonchev–Trinajstić information content (AvgIpc) is 1.80. The summed E-state index contributed by atoms with van der Waals surface area (Å²) >= 11 is 0. The summed E-state index contributed by atoms with van der Waals surface area (Å²) in [7, 11) is 0. The van der Waals surface area contributed by atoms with Crippen molar-refractivity contribution in [3.63, 3.8) is 0 Å². The van der Waals surface area contributed by atoms with Gasteiger partial charge in [-0.3, -0.25) is 29.8 Å². The van der Waals surface area contributed by atoms with Crippen LogP contribution in [-0.2, 0) is 9.59 Å². The van der Waals surface area contributed by atoms with E-state index < -0.39 is 40.9 Å². The second-order valence-corrected chi connectivity index (χ2v) is 2.24. The molecular formula is C5H6N2O6. The molecule has 72 valence electrons. The Morgan fingerprint density at radius 1 is 0.923 bits per heavy atom. The molecule has 0 heterocycles. The number of rotatable bonds is 6. The van der Waals surface area contributed by atoms with Crippen LogP contribution < -0.4 is 0 Å². The first-order valence-electron chi connectivity index (χ1n) is 3.19. The molecule has 0 aromatic rings. The molecule has 0 aromatic carbocycles. The average molecular weight is 190 g/mol. The summed E-state index contributed by atoms with van der Waals surface area (Å²) in [6, 6.07) is 0. The van der Waals surface area contributed by atoms with Gasteiger partial charge in [-0.15, -0.1) is 0 Å². The van der Waals surface area contributed by atoms with E-state index >= 15 is 0 Å². The molecule has 0 saturated heterocycles. The molecule has 8 heteroatoms. The maximum absolute atomic E-state index is 10.6. The summed E-state index contributed by atoms with van der Waals surface area (Å²) < 4.78 is 0. The molecule has 0 aliphatic rings. The fourth-order valence-corrected chi connectivity index (χ4v) is 0.620. The first-order chi connectivity index (χ1) is 5.91. The molecule has 0 spiro atoms. The van der Waals surface area contributed by atoms with Crippen molar-refractivity contribution in [1.29, 1.82) is 0 Å². The predicted molar refractivity (Wildman–Crippen MR) is 38.4 cm³/mol. The van der Waals surface area contributed by atoms with Gasteiger partial charge in [-0.2, -0.15) is 0 Å². The third kappa shape index (κ3) is 6.53. The molecular weight excluding hydrogens is 184 g/mol. The van der Waals surface area contributed by atoms with Gasteiger partial charge >= 0.3 is 0 Å². The Morgan fingerprint density at radius 3 is 1.46 bits per heavy atom. The Labute approximate surface area is 71.8 Å². The Morgan fingerprint density at radius 2 is 1.23 bits per heavy atom. The summed E-state index contributed by atoms with van der Waals surface area (Å²) in [5, 5.41) is 19.5. The van der Waals surface area contributed by atoms with Crippen LogP contribution in [0.15, 0.2) is 0 Å². The number of hydrogen-bond donors (Lipinski definition) is 0. The van der Waals surface area contributed by atoms with Crippen LogP contribution in [0, 0.1) is 20.2 Å². The van der Waals surface area contributed by atoms with Crippen LogP contribution >= 0.6 is 0 Å². The third-order valence-electron chi connectivity index (χ3n) is 1.01. The molecule has 0 radical (unpaired) electrons. The van der Waals surface area contributed by atoms with E-state index in [0.29, 0.717) is 0 Å². The Kier molecular flexibility index (Phi) is 4.20. The van der Waals surface area contributed by atoms with E-state index in [4.69, 9.17) is 0 Å². The van der Waals surface area contributed by atoms with Crippen molar-refractivity contribution >= 4 is 11.6 Å². The zero-order valence-electron chi connectivity index (χ0n) is 6.47. The van der Waals surface area contributed by atoms with Gasteiger partial charge in [-0.05, 0) is 0 Å². The lowest BCUT2D eigenvalue weighted by Crippen LogP contribution is -2.21. The van der Waals surface area contributed by atoms with Crippen molar-refractivity contribution in [2.45, 2.75) is 6.42 Å². The highest BCUT2D eigenvalue weighted by atomic mass is 16.6. The summed E-state index contributed by atoms with van der Waals surface area (Å²) in [5.41, 5.74) is 0. The van der Waals surface area contributed by atoms with Crippen molar-refractivity contribution in [2.75, 3.05) is 13.1 Å². The molecule has 0 aliphatic heterocycles. The topological polar surface area (TPSA) is 120 Å². The summed E-state index contributed by atoms with van der Waals surface area (Å²) in [4.78, 5) is 38.9. The summed E-state index contributed by atoms with van der Waals surface area (Å²) in [6.07, 6.45) is -0.748. The molecule has 0 rings (SSSR count). The zero-order chi connectivity index (χ0) is 10.4. The van der Waals surface area contributed by atoms with Gasteiger partial charge in [0.1, 0.15) is 0 Å². The number of hydrogen-bond acceptors (Lipinski definition) is 6. The number of carbonyl (C=O) groups excluding carboxylic acids is 2. The van der Waals surface area contributed by atoms with Gasteiger partial charge in [0.05, 0.1) is 6.42 Å². The number of nitro groups is 2. The minimum Gasteiger partial charge on any atom is -0.292 e. The molecule has 8 nitrogen and oxygen atoms in total. The molecule has 0 saturated carbocycles. The number of carbonyl (C=O) groups is 2. The van der Waals surface area contributed by atoms with Crippen molar-refractivity contribution in [2.24, 2.45) is 0 Å². The SMILES string of the molecule is O=C(CC(=O)C[N+](=O)[O-])C[N+](=O)[O-]. The van der Waals surface area contributed by atoms with Gasteiger partial charge in [-0.1, -0.05) is 0 Å². The highest BCUT2D eigenvalue weighted by Crippen LogP contribution is 1.88. The molecule has 0 N–H and O–H groups in total. The van der Waals surface area contributed by atoms with Crippen LogP contribution in [0.25, 0.3) is 0 Å². The highest BCUT2D eigenvalue weighted by molar-refractivity contribution is 5.99. The Bertz CT molecular complexity index is 234. The second kappa shape index (κ2) is 4.91. The van der Waals surface area contributed by atoms with Gasteiger partial charge in [0.15, 0.2) is 0 Å². The van der Waals surface area contributed by atoms with Gasteiger partial charge in [-0.25, -0.2) is 0 Å². The lowest BCUT2D eigenvalue weighted by atomic mass is 10.2. The Hall–Kier alpha value is -1.86.